The molecule has 122 valence electrons. The zero-order chi connectivity index (χ0) is 16.4. The monoisotopic (exact) mass is 352 g/mol. The van der Waals surface area contributed by atoms with E-state index in [1.165, 1.54) is 0 Å². The van der Waals surface area contributed by atoms with Gasteiger partial charge in [-0.25, -0.2) is 9.67 Å². The summed E-state index contributed by atoms with van der Waals surface area (Å²) in [6.07, 6.45) is 1.83. The van der Waals surface area contributed by atoms with Crippen LogP contribution >= 0.6 is 23.2 Å². The van der Waals surface area contributed by atoms with Gasteiger partial charge in [-0.05, 0) is 31.0 Å². The van der Waals surface area contributed by atoms with Gasteiger partial charge in [0.05, 0.1) is 0 Å². The highest BCUT2D eigenvalue weighted by Gasteiger charge is 2.25. The van der Waals surface area contributed by atoms with Crippen molar-refractivity contribution in [1.29, 1.82) is 0 Å². The van der Waals surface area contributed by atoms with Gasteiger partial charge in [0.25, 0.3) is 0 Å². The maximum absolute atomic E-state index is 11.3. The fourth-order valence-electron chi connectivity index (χ4n) is 2.83. The number of piperidine rings is 1. The number of nitrogens with zero attached hydrogens (tertiary/aromatic N) is 3. The van der Waals surface area contributed by atoms with E-state index in [2.05, 4.69) is 10.4 Å². The molecule has 1 fully saturated rings. The standard InChI is InChI=1S/C16H18Cl2N4O/c1-2-22-16(10-6-7-15(23)19-9-10)20-14(21-22)8-11-12(17)4-3-5-13(11)18/h3-5,10H,2,6-9H2,1H3,(H,19,23). The van der Waals surface area contributed by atoms with Crippen LogP contribution in [0.15, 0.2) is 18.2 Å². The summed E-state index contributed by atoms with van der Waals surface area (Å²) in [6, 6.07) is 5.46. The molecule has 2 heterocycles. The van der Waals surface area contributed by atoms with Gasteiger partial charge in [0.2, 0.25) is 5.91 Å². The average Bonchev–Trinajstić information content (AvgIpc) is 2.95. The zero-order valence-electron chi connectivity index (χ0n) is 12.9. The van der Waals surface area contributed by atoms with Gasteiger partial charge < -0.3 is 5.32 Å². The number of benzene rings is 1. The molecule has 1 aliphatic rings. The molecule has 1 N–H and O–H groups in total. The van der Waals surface area contributed by atoms with E-state index in [-0.39, 0.29) is 11.8 Å². The van der Waals surface area contributed by atoms with Crippen molar-refractivity contribution in [3.63, 3.8) is 0 Å². The van der Waals surface area contributed by atoms with Crippen molar-refractivity contribution >= 4 is 29.1 Å². The van der Waals surface area contributed by atoms with E-state index < -0.39 is 0 Å². The maximum atomic E-state index is 11.3. The maximum Gasteiger partial charge on any atom is 0.220 e. The Hall–Kier alpha value is -1.59. The molecular formula is C16H18Cl2N4O. The van der Waals surface area contributed by atoms with E-state index in [9.17, 15) is 4.79 Å². The highest BCUT2D eigenvalue weighted by molar-refractivity contribution is 6.36. The van der Waals surface area contributed by atoms with Gasteiger partial charge in [0.1, 0.15) is 5.82 Å². The summed E-state index contributed by atoms with van der Waals surface area (Å²) >= 11 is 12.5. The fourth-order valence-corrected chi connectivity index (χ4v) is 3.36. The van der Waals surface area contributed by atoms with Crippen molar-refractivity contribution in [3.05, 3.63) is 45.5 Å². The lowest BCUT2D eigenvalue weighted by molar-refractivity contribution is -0.122. The first-order valence-electron chi connectivity index (χ1n) is 7.71. The third kappa shape index (κ3) is 3.51. The van der Waals surface area contributed by atoms with E-state index in [0.29, 0.717) is 35.3 Å². The number of aryl methyl sites for hydroxylation is 1. The first kappa shape index (κ1) is 16.3. The summed E-state index contributed by atoms with van der Waals surface area (Å²) < 4.78 is 1.90. The van der Waals surface area contributed by atoms with E-state index in [4.69, 9.17) is 28.2 Å². The topological polar surface area (TPSA) is 59.8 Å². The molecule has 2 aromatic rings. The van der Waals surface area contributed by atoms with Crippen LogP contribution < -0.4 is 5.32 Å². The average molecular weight is 353 g/mol. The number of amides is 1. The Morgan fingerprint density at radius 2 is 2.09 bits per heavy atom. The Morgan fingerprint density at radius 1 is 1.35 bits per heavy atom. The quantitative estimate of drug-likeness (QED) is 0.918. The molecule has 7 heteroatoms. The molecule has 0 saturated carbocycles. The van der Waals surface area contributed by atoms with Crippen molar-refractivity contribution in [1.82, 2.24) is 20.1 Å². The van der Waals surface area contributed by atoms with Crippen LogP contribution in [0.3, 0.4) is 0 Å². The first-order valence-corrected chi connectivity index (χ1v) is 8.47. The molecule has 23 heavy (non-hydrogen) atoms. The summed E-state index contributed by atoms with van der Waals surface area (Å²) in [5, 5.41) is 8.72. The van der Waals surface area contributed by atoms with Crippen LogP contribution in [0.2, 0.25) is 10.0 Å². The van der Waals surface area contributed by atoms with Gasteiger partial charge in [-0.15, -0.1) is 0 Å². The van der Waals surface area contributed by atoms with E-state index in [0.717, 1.165) is 24.4 Å². The summed E-state index contributed by atoms with van der Waals surface area (Å²) in [5.74, 6) is 1.93. The van der Waals surface area contributed by atoms with Crippen molar-refractivity contribution in [2.24, 2.45) is 0 Å². The van der Waals surface area contributed by atoms with Crippen molar-refractivity contribution in [2.45, 2.75) is 38.6 Å². The number of rotatable bonds is 4. The summed E-state index contributed by atoms with van der Waals surface area (Å²) in [7, 11) is 0. The lowest BCUT2D eigenvalue weighted by Gasteiger charge is -2.21. The van der Waals surface area contributed by atoms with Crippen LogP contribution in [-0.4, -0.2) is 27.2 Å². The number of nitrogens with one attached hydrogen (secondary N) is 1. The van der Waals surface area contributed by atoms with Crippen LogP contribution in [0.1, 0.15) is 42.9 Å². The van der Waals surface area contributed by atoms with Crippen LogP contribution in [-0.2, 0) is 17.8 Å². The molecule has 0 bridgehead atoms. The molecule has 1 unspecified atom stereocenters. The second-order valence-corrected chi connectivity index (χ2v) is 6.43. The molecule has 0 aliphatic carbocycles. The third-order valence-electron chi connectivity index (χ3n) is 4.07. The number of halogens is 2. The predicted molar refractivity (Wildman–Crippen MR) is 89.9 cm³/mol. The van der Waals surface area contributed by atoms with E-state index in [1.807, 2.05) is 29.8 Å². The Bertz CT molecular complexity index is 699. The highest BCUT2D eigenvalue weighted by atomic mass is 35.5. The third-order valence-corrected chi connectivity index (χ3v) is 4.78. The Balaban J connectivity index is 1.86. The summed E-state index contributed by atoms with van der Waals surface area (Å²) in [5.41, 5.74) is 0.840. The van der Waals surface area contributed by atoms with Crippen molar-refractivity contribution in [2.75, 3.05) is 6.54 Å². The number of hydrogen-bond donors (Lipinski definition) is 1. The molecule has 1 aromatic carbocycles. The first-order chi connectivity index (χ1) is 11.1. The fraction of sp³-hybridized carbons (Fsp3) is 0.438. The molecule has 1 saturated heterocycles. The molecular weight excluding hydrogens is 335 g/mol. The van der Waals surface area contributed by atoms with E-state index in [1.54, 1.807) is 0 Å². The SMILES string of the molecule is CCn1nc(Cc2c(Cl)cccc2Cl)nc1C1CCC(=O)NC1. The number of aromatic nitrogens is 3. The van der Waals surface area contributed by atoms with Gasteiger partial charge in [0, 0.05) is 41.9 Å². The smallest absolute Gasteiger partial charge is 0.220 e. The van der Waals surface area contributed by atoms with Gasteiger partial charge in [-0.3, -0.25) is 4.79 Å². The molecule has 1 aromatic heterocycles. The van der Waals surface area contributed by atoms with Gasteiger partial charge >= 0.3 is 0 Å². The van der Waals surface area contributed by atoms with Crippen molar-refractivity contribution in [3.8, 4) is 0 Å². The Kier molecular flexibility index (Phi) is 4.87. The molecule has 0 radical (unpaired) electrons. The molecule has 5 nitrogen and oxygen atoms in total. The zero-order valence-corrected chi connectivity index (χ0v) is 14.4. The minimum atomic E-state index is 0.104. The van der Waals surface area contributed by atoms with Crippen LogP contribution in [0.4, 0.5) is 0 Å². The van der Waals surface area contributed by atoms with Crippen LogP contribution in [0, 0.1) is 0 Å². The molecule has 1 amide bonds. The van der Waals surface area contributed by atoms with Gasteiger partial charge in [-0.2, -0.15) is 5.10 Å². The van der Waals surface area contributed by atoms with Gasteiger partial charge in [-0.1, -0.05) is 29.3 Å². The molecule has 0 spiro atoms. The number of carbonyl (C=O) groups is 1. The van der Waals surface area contributed by atoms with E-state index >= 15 is 0 Å². The Morgan fingerprint density at radius 3 is 2.70 bits per heavy atom. The minimum Gasteiger partial charge on any atom is -0.355 e. The second-order valence-electron chi connectivity index (χ2n) is 5.62. The summed E-state index contributed by atoms with van der Waals surface area (Å²) in [4.78, 5) is 16.0. The highest BCUT2D eigenvalue weighted by Crippen LogP contribution is 2.27. The minimum absolute atomic E-state index is 0.104. The Labute approximate surface area is 145 Å². The van der Waals surface area contributed by atoms with Crippen LogP contribution in [0.5, 0.6) is 0 Å². The van der Waals surface area contributed by atoms with Crippen molar-refractivity contribution < 1.29 is 4.79 Å². The normalized spacial score (nSPS) is 18.0. The lowest BCUT2D eigenvalue weighted by atomic mass is 9.98. The number of hydrogen-bond acceptors (Lipinski definition) is 3. The molecule has 1 aliphatic heterocycles. The molecule has 1 atom stereocenters. The lowest BCUT2D eigenvalue weighted by Crippen LogP contribution is -2.34. The van der Waals surface area contributed by atoms with Crippen LogP contribution in [0.25, 0.3) is 0 Å². The summed E-state index contributed by atoms with van der Waals surface area (Å²) in [6.45, 7) is 3.39. The molecule has 3 rings (SSSR count). The number of carbonyl (C=O) groups excluding carboxylic acids is 1. The predicted octanol–water partition coefficient (Wildman–Crippen LogP) is 3.19. The van der Waals surface area contributed by atoms with Gasteiger partial charge in [0.15, 0.2) is 5.82 Å². The largest absolute Gasteiger partial charge is 0.355 e. The second kappa shape index (κ2) is 6.89.